The Kier molecular flexibility index (Phi) is 5.05. The lowest BCUT2D eigenvalue weighted by Crippen LogP contribution is -2.13. The first-order valence-electron chi connectivity index (χ1n) is 8.52. The highest BCUT2D eigenvalue weighted by molar-refractivity contribution is 8.00. The van der Waals surface area contributed by atoms with E-state index < -0.39 is 0 Å². The number of H-pyrrole nitrogens is 1. The molecule has 0 aliphatic rings. The Balaban J connectivity index is 1.59. The van der Waals surface area contributed by atoms with Crippen molar-refractivity contribution >= 4 is 45.9 Å². The topological polar surface area (TPSA) is 109 Å². The Bertz CT molecular complexity index is 1220. The van der Waals surface area contributed by atoms with Gasteiger partial charge in [0.2, 0.25) is 11.9 Å². The van der Waals surface area contributed by atoms with E-state index in [4.69, 9.17) is 0 Å². The zero-order valence-corrected chi connectivity index (χ0v) is 17.1. The normalized spacial score (nSPS) is 11.1. The molecule has 0 unspecified atom stereocenters. The Morgan fingerprint density at radius 2 is 2.00 bits per heavy atom. The summed E-state index contributed by atoms with van der Waals surface area (Å²) < 4.78 is 0.845. The molecule has 142 valence electrons. The Morgan fingerprint density at radius 1 is 1.14 bits per heavy atom. The summed E-state index contributed by atoms with van der Waals surface area (Å²) in [6.45, 7) is 5.84. The predicted molar refractivity (Wildman–Crippen MR) is 111 cm³/mol. The molecule has 10 heteroatoms. The number of nitrogens with zero attached hydrogens (tertiary/aromatic N) is 5. The van der Waals surface area contributed by atoms with Crippen LogP contribution in [0.2, 0.25) is 0 Å². The summed E-state index contributed by atoms with van der Waals surface area (Å²) in [6.07, 6.45) is 0. The highest BCUT2D eigenvalue weighted by Crippen LogP contribution is 2.25. The number of anilines is 2. The van der Waals surface area contributed by atoms with Crippen LogP contribution in [0.4, 0.5) is 11.9 Å². The lowest BCUT2D eigenvalue weighted by atomic mass is 10.1. The number of nitrogens with one attached hydrogen (secondary N) is 2. The zero-order chi connectivity index (χ0) is 19.7. The summed E-state index contributed by atoms with van der Waals surface area (Å²) in [6, 6.07) is 7.46. The molecule has 1 aromatic carbocycles. The monoisotopic (exact) mass is 411 g/mol. The van der Waals surface area contributed by atoms with E-state index in [-0.39, 0.29) is 5.56 Å². The molecule has 0 atom stereocenters. The SMILES string of the molecule is Cc1nnc(SCc2cc(=O)[nH]c(Nc3nc(C)c4cccc(C)c4n3)n2)s1. The number of fused-ring (bicyclic) bond motifs is 1. The average molecular weight is 412 g/mol. The van der Waals surface area contributed by atoms with E-state index in [0.717, 1.165) is 31.5 Å². The third-order valence-corrected chi connectivity index (χ3v) is 6.00. The van der Waals surface area contributed by atoms with Gasteiger partial charge in [0.1, 0.15) is 5.01 Å². The second-order valence-corrected chi connectivity index (χ2v) is 8.59. The highest BCUT2D eigenvalue weighted by Gasteiger charge is 2.10. The van der Waals surface area contributed by atoms with Gasteiger partial charge >= 0.3 is 0 Å². The molecule has 4 rings (SSSR count). The summed E-state index contributed by atoms with van der Waals surface area (Å²) in [5.74, 6) is 1.22. The van der Waals surface area contributed by atoms with Gasteiger partial charge in [-0.05, 0) is 26.3 Å². The van der Waals surface area contributed by atoms with E-state index in [1.54, 1.807) is 0 Å². The number of hydrogen-bond donors (Lipinski definition) is 2. The van der Waals surface area contributed by atoms with Gasteiger partial charge in [-0.25, -0.2) is 15.0 Å². The number of aryl methyl sites for hydroxylation is 3. The predicted octanol–water partition coefficient (Wildman–Crippen LogP) is 3.53. The first-order chi connectivity index (χ1) is 13.5. The first-order valence-corrected chi connectivity index (χ1v) is 10.3. The number of benzene rings is 1. The molecule has 28 heavy (non-hydrogen) atoms. The standard InChI is InChI=1S/C18H17N7OS2/c1-9-5-4-6-13-10(2)19-16(22-15(9)13)23-17-20-12(7-14(26)21-17)8-27-18-25-24-11(3)28-18/h4-7H,8H2,1-3H3,(H2,19,20,21,22,23,26). The van der Waals surface area contributed by atoms with Gasteiger partial charge in [0, 0.05) is 17.2 Å². The molecule has 0 saturated heterocycles. The summed E-state index contributed by atoms with van der Waals surface area (Å²) in [4.78, 5) is 28.3. The van der Waals surface area contributed by atoms with Crippen LogP contribution >= 0.6 is 23.1 Å². The smallest absolute Gasteiger partial charge is 0.252 e. The number of aromatic nitrogens is 6. The average Bonchev–Trinajstić information content (AvgIpc) is 3.06. The van der Waals surface area contributed by atoms with Crippen LogP contribution in [0.3, 0.4) is 0 Å². The minimum atomic E-state index is -0.241. The molecule has 0 spiro atoms. The van der Waals surface area contributed by atoms with E-state index in [1.165, 1.54) is 29.2 Å². The number of hydrogen-bond acceptors (Lipinski definition) is 9. The van der Waals surface area contributed by atoms with Crippen molar-refractivity contribution in [1.82, 2.24) is 30.1 Å². The van der Waals surface area contributed by atoms with Crippen LogP contribution < -0.4 is 10.9 Å². The molecule has 8 nitrogen and oxygen atoms in total. The van der Waals surface area contributed by atoms with Crippen molar-refractivity contribution in [3.63, 3.8) is 0 Å². The quantitative estimate of drug-likeness (QED) is 0.480. The van der Waals surface area contributed by atoms with Gasteiger partial charge in [0.25, 0.3) is 5.56 Å². The molecule has 0 aliphatic carbocycles. The molecule has 0 saturated carbocycles. The largest absolute Gasteiger partial charge is 0.294 e. The van der Waals surface area contributed by atoms with E-state index in [2.05, 4.69) is 35.5 Å². The molecule has 2 N–H and O–H groups in total. The Hall–Kier alpha value is -2.85. The van der Waals surface area contributed by atoms with Crippen LogP contribution in [0.25, 0.3) is 10.9 Å². The minimum absolute atomic E-state index is 0.241. The zero-order valence-electron chi connectivity index (χ0n) is 15.5. The van der Waals surface area contributed by atoms with Crippen LogP contribution in [-0.4, -0.2) is 30.1 Å². The minimum Gasteiger partial charge on any atom is -0.294 e. The fourth-order valence-corrected chi connectivity index (χ4v) is 4.43. The fraction of sp³-hybridized carbons (Fsp3) is 0.222. The van der Waals surface area contributed by atoms with E-state index in [0.29, 0.717) is 23.3 Å². The van der Waals surface area contributed by atoms with Crippen molar-refractivity contribution < 1.29 is 0 Å². The molecule has 3 heterocycles. The molecular formula is C18H17N7OS2. The molecular weight excluding hydrogens is 394 g/mol. The van der Waals surface area contributed by atoms with Gasteiger partial charge < -0.3 is 0 Å². The Labute approximate surface area is 168 Å². The van der Waals surface area contributed by atoms with Crippen LogP contribution in [0, 0.1) is 20.8 Å². The third kappa shape index (κ3) is 4.02. The molecule has 0 aliphatic heterocycles. The van der Waals surface area contributed by atoms with Crippen molar-refractivity contribution in [2.24, 2.45) is 0 Å². The maximum Gasteiger partial charge on any atom is 0.252 e. The lowest BCUT2D eigenvalue weighted by molar-refractivity contribution is 0.981. The third-order valence-electron chi connectivity index (χ3n) is 3.99. The second-order valence-electron chi connectivity index (χ2n) is 6.19. The van der Waals surface area contributed by atoms with Crippen molar-refractivity contribution in [2.75, 3.05) is 5.32 Å². The summed E-state index contributed by atoms with van der Waals surface area (Å²) in [7, 11) is 0. The van der Waals surface area contributed by atoms with Crippen LogP contribution in [-0.2, 0) is 5.75 Å². The van der Waals surface area contributed by atoms with Crippen LogP contribution in [0.1, 0.15) is 22.0 Å². The van der Waals surface area contributed by atoms with E-state index in [1.807, 2.05) is 39.0 Å². The lowest BCUT2D eigenvalue weighted by Gasteiger charge is -2.09. The second kappa shape index (κ2) is 7.64. The van der Waals surface area contributed by atoms with Gasteiger partial charge in [-0.15, -0.1) is 10.2 Å². The Morgan fingerprint density at radius 3 is 2.79 bits per heavy atom. The maximum atomic E-state index is 12.0. The summed E-state index contributed by atoms with van der Waals surface area (Å²) >= 11 is 3.01. The maximum absolute atomic E-state index is 12.0. The number of para-hydroxylation sites is 1. The van der Waals surface area contributed by atoms with Crippen molar-refractivity contribution in [3.8, 4) is 0 Å². The van der Waals surface area contributed by atoms with Gasteiger partial charge in [0.15, 0.2) is 4.34 Å². The molecule has 0 bridgehead atoms. The van der Waals surface area contributed by atoms with E-state index in [9.17, 15) is 4.79 Å². The van der Waals surface area contributed by atoms with Crippen molar-refractivity contribution in [3.05, 3.63) is 56.6 Å². The first kappa shape index (κ1) is 18.5. The summed E-state index contributed by atoms with van der Waals surface area (Å²) in [5, 5.41) is 13.0. The molecule has 4 aromatic rings. The highest BCUT2D eigenvalue weighted by atomic mass is 32.2. The van der Waals surface area contributed by atoms with Crippen LogP contribution in [0.5, 0.6) is 0 Å². The van der Waals surface area contributed by atoms with Gasteiger partial charge in [-0.1, -0.05) is 41.3 Å². The molecule has 0 fully saturated rings. The molecule has 3 aromatic heterocycles. The fourth-order valence-electron chi connectivity index (χ4n) is 2.72. The number of aromatic amines is 1. The number of rotatable bonds is 5. The molecule has 0 amide bonds. The van der Waals surface area contributed by atoms with Gasteiger partial charge in [0.05, 0.1) is 16.9 Å². The molecule has 0 radical (unpaired) electrons. The van der Waals surface area contributed by atoms with Crippen molar-refractivity contribution in [1.29, 1.82) is 0 Å². The van der Waals surface area contributed by atoms with Crippen LogP contribution in [0.15, 0.2) is 33.4 Å². The van der Waals surface area contributed by atoms with Crippen molar-refractivity contribution in [2.45, 2.75) is 30.9 Å². The summed E-state index contributed by atoms with van der Waals surface area (Å²) in [5.41, 5.74) is 3.19. The number of thioether (sulfide) groups is 1. The van der Waals surface area contributed by atoms with E-state index >= 15 is 0 Å². The van der Waals surface area contributed by atoms with Gasteiger partial charge in [-0.3, -0.25) is 15.1 Å². The van der Waals surface area contributed by atoms with Gasteiger partial charge in [-0.2, -0.15) is 0 Å².